The van der Waals surface area contributed by atoms with Gasteiger partial charge in [0.1, 0.15) is 6.26 Å². The molecule has 0 radical (unpaired) electrons. The van der Waals surface area contributed by atoms with Gasteiger partial charge in [0.25, 0.3) is 11.8 Å². The highest BCUT2D eigenvalue weighted by molar-refractivity contribution is 6.02. The lowest BCUT2D eigenvalue weighted by Crippen LogP contribution is -2.12. The van der Waals surface area contributed by atoms with Crippen LogP contribution in [0.2, 0.25) is 0 Å². The van der Waals surface area contributed by atoms with Crippen molar-refractivity contribution >= 4 is 11.6 Å². The lowest BCUT2D eigenvalue weighted by atomic mass is 10.3. The van der Waals surface area contributed by atoms with Crippen LogP contribution >= 0.6 is 0 Å². The summed E-state index contributed by atoms with van der Waals surface area (Å²) in [6, 6.07) is 3.12. The third kappa shape index (κ3) is 4.13. The molecule has 0 aliphatic rings. The first kappa shape index (κ1) is 14.7. The van der Waals surface area contributed by atoms with Gasteiger partial charge in [-0.3, -0.25) is 9.78 Å². The van der Waals surface area contributed by atoms with Crippen molar-refractivity contribution in [3.8, 4) is 0 Å². The number of oxazole rings is 1. The summed E-state index contributed by atoms with van der Waals surface area (Å²) in [4.78, 5) is 18.7. The van der Waals surface area contributed by atoms with Gasteiger partial charge < -0.3 is 9.73 Å². The van der Waals surface area contributed by atoms with Crippen molar-refractivity contribution in [2.75, 3.05) is 5.32 Å². The maximum absolute atomic E-state index is 12.2. The number of nitrogens with zero attached hydrogens (tertiary/aromatic N) is 2. The molecular weight excluding hydrogens is 256 g/mol. The summed E-state index contributed by atoms with van der Waals surface area (Å²) in [7, 11) is 0. The molecule has 1 amide bonds. The van der Waals surface area contributed by atoms with E-state index in [1.165, 1.54) is 12.4 Å². The second-order valence-corrected chi connectivity index (χ2v) is 3.06. The Morgan fingerprint density at radius 2 is 1.95 bits per heavy atom. The van der Waals surface area contributed by atoms with E-state index in [4.69, 9.17) is 0 Å². The van der Waals surface area contributed by atoms with Crippen LogP contribution in [0.5, 0.6) is 0 Å². The fourth-order valence-electron chi connectivity index (χ4n) is 1.12. The Morgan fingerprint density at radius 3 is 2.47 bits per heavy atom. The number of alkyl halides is 2. The first-order valence-corrected chi connectivity index (χ1v) is 5.62. The second-order valence-electron chi connectivity index (χ2n) is 3.06. The number of hydrogen-bond acceptors (Lipinski definition) is 4. The fourth-order valence-corrected chi connectivity index (χ4v) is 1.12. The van der Waals surface area contributed by atoms with E-state index in [1.54, 1.807) is 12.1 Å². The van der Waals surface area contributed by atoms with Gasteiger partial charge in [-0.05, 0) is 12.1 Å². The zero-order valence-electron chi connectivity index (χ0n) is 10.4. The molecule has 5 nitrogen and oxygen atoms in total. The molecule has 0 aliphatic heterocycles. The number of carbonyl (C=O) groups is 1. The number of halogens is 2. The zero-order chi connectivity index (χ0) is 14.3. The number of nitrogens with one attached hydrogen (secondary N) is 1. The van der Waals surface area contributed by atoms with Crippen molar-refractivity contribution in [3.63, 3.8) is 0 Å². The van der Waals surface area contributed by atoms with Crippen LogP contribution in [0.4, 0.5) is 14.5 Å². The van der Waals surface area contributed by atoms with E-state index in [9.17, 15) is 13.6 Å². The SMILES string of the molecule is CC.O=C(Nc1ccncc1)c1coc(C(F)F)n1. The number of rotatable bonds is 3. The van der Waals surface area contributed by atoms with Crippen LogP contribution in [0.1, 0.15) is 36.7 Å². The average Bonchev–Trinajstić information content (AvgIpc) is 2.92. The van der Waals surface area contributed by atoms with Gasteiger partial charge >= 0.3 is 6.43 Å². The van der Waals surface area contributed by atoms with Crippen LogP contribution in [0.15, 0.2) is 35.2 Å². The summed E-state index contributed by atoms with van der Waals surface area (Å²) in [5.74, 6) is -1.39. The van der Waals surface area contributed by atoms with E-state index in [1.807, 2.05) is 13.8 Å². The molecule has 0 unspecified atom stereocenters. The van der Waals surface area contributed by atoms with Crippen molar-refractivity contribution in [1.29, 1.82) is 0 Å². The largest absolute Gasteiger partial charge is 0.443 e. The third-order valence-corrected chi connectivity index (χ3v) is 1.88. The van der Waals surface area contributed by atoms with Crippen LogP contribution in [0.25, 0.3) is 0 Å². The van der Waals surface area contributed by atoms with E-state index >= 15 is 0 Å². The van der Waals surface area contributed by atoms with Gasteiger partial charge in [-0.2, -0.15) is 8.78 Å². The summed E-state index contributed by atoms with van der Waals surface area (Å²) in [5.41, 5.74) is 0.295. The number of anilines is 1. The Labute approximate surface area is 108 Å². The molecule has 2 aromatic rings. The number of hydrogen-bond donors (Lipinski definition) is 1. The van der Waals surface area contributed by atoms with Crippen molar-refractivity contribution in [3.05, 3.63) is 42.4 Å². The van der Waals surface area contributed by atoms with E-state index < -0.39 is 18.2 Å². The molecule has 0 aliphatic carbocycles. The van der Waals surface area contributed by atoms with Gasteiger partial charge in [0.05, 0.1) is 0 Å². The van der Waals surface area contributed by atoms with Crippen molar-refractivity contribution in [2.45, 2.75) is 20.3 Å². The minimum absolute atomic E-state index is 0.197. The van der Waals surface area contributed by atoms with Crippen LogP contribution in [0.3, 0.4) is 0 Å². The van der Waals surface area contributed by atoms with E-state index in [0.717, 1.165) is 6.26 Å². The summed E-state index contributed by atoms with van der Waals surface area (Å²) >= 11 is 0. The number of carbonyl (C=O) groups excluding carboxylic acids is 1. The normalized spacial score (nSPS) is 9.74. The monoisotopic (exact) mass is 269 g/mol. The van der Waals surface area contributed by atoms with Crippen LogP contribution < -0.4 is 5.32 Å². The van der Waals surface area contributed by atoms with Crippen LogP contribution in [-0.4, -0.2) is 15.9 Å². The predicted molar refractivity (Wildman–Crippen MR) is 65.0 cm³/mol. The summed E-state index contributed by atoms with van der Waals surface area (Å²) in [6.07, 6.45) is 1.03. The second kappa shape index (κ2) is 7.20. The number of pyridine rings is 1. The molecule has 0 saturated heterocycles. The lowest BCUT2D eigenvalue weighted by Gasteiger charge is -2.00. The standard InChI is InChI=1S/C10H7F2N3O2.C2H6/c11-8(12)10-15-7(5-17-10)9(16)14-6-1-3-13-4-2-6;1-2/h1-5,8H,(H,13,14,16);1-2H3. The highest BCUT2D eigenvalue weighted by Crippen LogP contribution is 2.17. The fraction of sp³-hybridized carbons (Fsp3) is 0.250. The Morgan fingerprint density at radius 1 is 1.32 bits per heavy atom. The molecule has 2 aromatic heterocycles. The van der Waals surface area contributed by atoms with E-state index in [0.29, 0.717) is 5.69 Å². The minimum atomic E-state index is -2.84. The maximum atomic E-state index is 12.2. The Balaban J connectivity index is 0.000000861. The van der Waals surface area contributed by atoms with Crippen LogP contribution in [-0.2, 0) is 0 Å². The minimum Gasteiger partial charge on any atom is -0.443 e. The average molecular weight is 269 g/mol. The molecule has 0 spiro atoms. The van der Waals surface area contributed by atoms with Gasteiger partial charge in [-0.15, -0.1) is 0 Å². The molecule has 2 heterocycles. The van der Waals surface area contributed by atoms with Crippen LogP contribution in [0, 0.1) is 0 Å². The smallest absolute Gasteiger partial charge is 0.313 e. The summed E-state index contributed by atoms with van der Waals surface area (Å²) < 4.78 is 28.8. The molecule has 19 heavy (non-hydrogen) atoms. The van der Waals surface area contributed by atoms with E-state index in [2.05, 4.69) is 19.7 Å². The molecule has 0 bridgehead atoms. The predicted octanol–water partition coefficient (Wildman–Crippen LogP) is 3.29. The van der Waals surface area contributed by atoms with E-state index in [-0.39, 0.29) is 5.69 Å². The lowest BCUT2D eigenvalue weighted by molar-refractivity contribution is 0.102. The van der Waals surface area contributed by atoms with Crippen molar-refractivity contribution < 1.29 is 18.0 Å². The number of amides is 1. The molecule has 7 heteroatoms. The highest BCUT2D eigenvalue weighted by Gasteiger charge is 2.18. The molecule has 0 saturated carbocycles. The van der Waals surface area contributed by atoms with Gasteiger partial charge in [0.15, 0.2) is 5.69 Å². The van der Waals surface area contributed by atoms with Crippen molar-refractivity contribution in [2.24, 2.45) is 0 Å². The molecule has 0 atom stereocenters. The molecule has 0 aromatic carbocycles. The highest BCUT2D eigenvalue weighted by atomic mass is 19.3. The molecule has 2 rings (SSSR count). The third-order valence-electron chi connectivity index (χ3n) is 1.88. The topological polar surface area (TPSA) is 68.0 Å². The molecule has 0 fully saturated rings. The Bertz CT molecular complexity index is 515. The maximum Gasteiger partial charge on any atom is 0.313 e. The summed E-state index contributed by atoms with van der Waals surface area (Å²) in [6.45, 7) is 4.00. The first-order chi connectivity index (χ1) is 9.16. The van der Waals surface area contributed by atoms with Gasteiger partial charge in [-0.25, -0.2) is 4.98 Å². The summed E-state index contributed by atoms with van der Waals surface area (Å²) in [5, 5.41) is 2.46. The van der Waals surface area contributed by atoms with Gasteiger partial charge in [0.2, 0.25) is 0 Å². The number of aromatic nitrogens is 2. The molecule has 1 N–H and O–H groups in total. The first-order valence-electron chi connectivity index (χ1n) is 5.62. The quantitative estimate of drug-likeness (QED) is 0.928. The van der Waals surface area contributed by atoms with Gasteiger partial charge in [-0.1, -0.05) is 13.8 Å². The Hall–Kier alpha value is -2.31. The van der Waals surface area contributed by atoms with Gasteiger partial charge in [0, 0.05) is 18.1 Å². The Kier molecular flexibility index (Phi) is 5.59. The molecule has 102 valence electrons. The molecular formula is C12H13F2N3O2. The zero-order valence-corrected chi connectivity index (χ0v) is 10.4. The van der Waals surface area contributed by atoms with Crippen molar-refractivity contribution in [1.82, 2.24) is 9.97 Å².